The molecule has 2 amide bonds. The van der Waals surface area contributed by atoms with Gasteiger partial charge in [-0.05, 0) is 41.0 Å². The van der Waals surface area contributed by atoms with Crippen LogP contribution in [0.25, 0.3) is 0 Å². The number of imide groups is 1. The van der Waals surface area contributed by atoms with Crippen LogP contribution in [0.2, 0.25) is 0 Å². The van der Waals surface area contributed by atoms with Crippen LogP contribution >= 0.6 is 15.9 Å². The van der Waals surface area contributed by atoms with Gasteiger partial charge in [0.15, 0.2) is 0 Å². The van der Waals surface area contributed by atoms with Crippen molar-refractivity contribution in [2.45, 2.75) is 18.0 Å². The SMILES string of the molecule is C=C1C=C[C@@H]([C@@H]2C(c3ccccc3)N2N2C(=O)c3ccccc3C2=O)[C@@H]1c1ccc(Br)cc1. The third-order valence-corrected chi connectivity index (χ3v) is 7.44. The van der Waals surface area contributed by atoms with Crippen molar-refractivity contribution in [2.75, 3.05) is 0 Å². The van der Waals surface area contributed by atoms with Gasteiger partial charge in [-0.2, -0.15) is 5.01 Å². The van der Waals surface area contributed by atoms with Crippen LogP contribution in [-0.2, 0) is 0 Å². The summed E-state index contributed by atoms with van der Waals surface area (Å²) in [4.78, 5) is 26.6. The quantitative estimate of drug-likeness (QED) is 0.332. The number of amides is 2. The number of nitrogens with zero attached hydrogens (tertiary/aromatic N) is 2. The number of hydrogen-bond donors (Lipinski definition) is 0. The van der Waals surface area contributed by atoms with Crippen LogP contribution in [0, 0.1) is 5.92 Å². The van der Waals surface area contributed by atoms with Crippen molar-refractivity contribution in [2.24, 2.45) is 5.92 Å². The summed E-state index contributed by atoms with van der Waals surface area (Å²) in [5, 5.41) is 3.33. The minimum Gasteiger partial charge on any atom is -0.267 e. The Kier molecular flexibility index (Phi) is 4.71. The Bertz CT molecular complexity index is 1280. The van der Waals surface area contributed by atoms with Crippen molar-refractivity contribution < 1.29 is 9.59 Å². The van der Waals surface area contributed by atoms with Gasteiger partial charge in [0, 0.05) is 16.3 Å². The first kappa shape index (κ1) is 20.3. The average Bonchev–Trinajstić information content (AvgIpc) is 3.35. The summed E-state index contributed by atoms with van der Waals surface area (Å²) in [6.07, 6.45) is 4.27. The molecule has 2 aliphatic heterocycles. The Morgan fingerprint density at radius 3 is 2.00 bits per heavy atom. The number of carbonyl (C=O) groups is 2. The molecule has 0 saturated carbocycles. The fourth-order valence-corrected chi connectivity index (χ4v) is 5.65. The zero-order chi connectivity index (χ0) is 22.7. The number of rotatable bonds is 4. The topological polar surface area (TPSA) is 40.4 Å². The monoisotopic (exact) mass is 496 g/mol. The van der Waals surface area contributed by atoms with Gasteiger partial charge in [0.2, 0.25) is 0 Å². The van der Waals surface area contributed by atoms with Crippen molar-refractivity contribution in [3.05, 3.63) is 130 Å². The summed E-state index contributed by atoms with van der Waals surface area (Å²) in [6.45, 7) is 4.31. The van der Waals surface area contributed by atoms with Gasteiger partial charge < -0.3 is 0 Å². The van der Waals surface area contributed by atoms with Gasteiger partial charge >= 0.3 is 0 Å². The lowest BCUT2D eigenvalue weighted by atomic mass is 9.82. The van der Waals surface area contributed by atoms with E-state index in [2.05, 4.69) is 58.9 Å². The van der Waals surface area contributed by atoms with Gasteiger partial charge in [-0.1, -0.05) is 89.3 Å². The van der Waals surface area contributed by atoms with E-state index in [1.807, 2.05) is 35.3 Å². The van der Waals surface area contributed by atoms with E-state index in [-0.39, 0.29) is 35.7 Å². The Morgan fingerprint density at radius 2 is 1.36 bits per heavy atom. The maximum absolute atomic E-state index is 13.3. The summed E-state index contributed by atoms with van der Waals surface area (Å²) in [7, 11) is 0. The van der Waals surface area contributed by atoms with Gasteiger partial charge in [-0.3, -0.25) is 9.59 Å². The molecular weight excluding hydrogens is 476 g/mol. The minimum absolute atomic E-state index is 0.0289. The van der Waals surface area contributed by atoms with Crippen molar-refractivity contribution in [3.63, 3.8) is 0 Å². The highest BCUT2D eigenvalue weighted by atomic mass is 79.9. The summed E-state index contributed by atoms with van der Waals surface area (Å²) < 4.78 is 1.03. The predicted molar refractivity (Wildman–Crippen MR) is 130 cm³/mol. The lowest BCUT2D eigenvalue weighted by Gasteiger charge is -2.23. The number of halogens is 1. The van der Waals surface area contributed by atoms with Gasteiger partial charge in [0.05, 0.1) is 23.2 Å². The second-order valence-electron chi connectivity index (χ2n) is 8.73. The molecule has 3 aromatic rings. The van der Waals surface area contributed by atoms with E-state index in [0.29, 0.717) is 11.1 Å². The zero-order valence-electron chi connectivity index (χ0n) is 17.8. The Hall–Kier alpha value is -3.28. The first-order chi connectivity index (χ1) is 16.1. The number of carbonyl (C=O) groups excluding carboxylic acids is 2. The molecule has 0 aromatic heterocycles. The van der Waals surface area contributed by atoms with Crippen LogP contribution in [0.15, 0.2) is 108 Å². The lowest BCUT2D eigenvalue weighted by molar-refractivity contribution is 0.0328. The molecule has 4 nitrogen and oxygen atoms in total. The zero-order valence-corrected chi connectivity index (χ0v) is 19.4. The molecule has 0 N–H and O–H groups in total. The molecule has 1 fully saturated rings. The minimum atomic E-state index is -0.250. The second-order valence-corrected chi connectivity index (χ2v) is 9.65. The normalized spacial score (nSPS) is 27.8. The van der Waals surface area contributed by atoms with Crippen molar-refractivity contribution >= 4 is 27.7 Å². The summed E-state index contributed by atoms with van der Waals surface area (Å²) in [6, 6.07) is 25.4. The molecule has 2 heterocycles. The first-order valence-electron chi connectivity index (χ1n) is 11.0. The van der Waals surface area contributed by atoms with Gasteiger partial charge in [0.1, 0.15) is 0 Å². The average molecular weight is 497 g/mol. The second kappa shape index (κ2) is 7.65. The molecule has 2 unspecified atom stereocenters. The fraction of sp³-hybridized carbons (Fsp3) is 0.143. The molecule has 3 aromatic carbocycles. The Morgan fingerprint density at radius 1 is 0.758 bits per heavy atom. The molecule has 5 heteroatoms. The predicted octanol–water partition coefficient (Wildman–Crippen LogP) is 5.91. The largest absolute Gasteiger partial charge is 0.276 e. The highest BCUT2D eigenvalue weighted by Gasteiger charge is 2.61. The number of benzene rings is 3. The van der Waals surface area contributed by atoms with Crippen molar-refractivity contribution in [1.82, 2.24) is 10.0 Å². The van der Waals surface area contributed by atoms with Gasteiger partial charge in [-0.15, -0.1) is 0 Å². The van der Waals surface area contributed by atoms with Crippen LogP contribution in [0.3, 0.4) is 0 Å². The van der Waals surface area contributed by atoms with Crippen LogP contribution in [0.1, 0.15) is 43.8 Å². The maximum atomic E-state index is 13.3. The molecule has 5 atom stereocenters. The first-order valence-corrected chi connectivity index (χ1v) is 11.8. The molecule has 3 aliphatic rings. The van der Waals surface area contributed by atoms with E-state index < -0.39 is 0 Å². The molecule has 0 radical (unpaired) electrons. The summed E-state index contributed by atoms with van der Waals surface area (Å²) >= 11 is 3.52. The lowest BCUT2D eigenvalue weighted by Crippen LogP contribution is -2.37. The number of allylic oxidation sites excluding steroid dienone is 2. The van der Waals surface area contributed by atoms with E-state index >= 15 is 0 Å². The molecule has 0 spiro atoms. The highest BCUT2D eigenvalue weighted by Crippen LogP contribution is 2.56. The Labute approximate surface area is 200 Å². The molecule has 162 valence electrons. The fourth-order valence-electron chi connectivity index (χ4n) is 5.38. The van der Waals surface area contributed by atoms with Crippen molar-refractivity contribution in [1.29, 1.82) is 0 Å². The van der Waals surface area contributed by atoms with E-state index in [1.165, 1.54) is 10.6 Å². The van der Waals surface area contributed by atoms with Crippen LogP contribution < -0.4 is 0 Å². The van der Waals surface area contributed by atoms with E-state index in [4.69, 9.17) is 0 Å². The van der Waals surface area contributed by atoms with Gasteiger partial charge in [-0.25, -0.2) is 5.01 Å². The third-order valence-electron chi connectivity index (χ3n) is 6.91. The molecule has 0 bridgehead atoms. The standard InChI is InChI=1S/C28H21BrN2O2/c1-17-11-16-23(24(17)18-12-14-20(29)15-13-18)26-25(19-7-3-2-4-8-19)30(26)31-27(32)21-9-5-6-10-22(21)28(31)33/h2-16,23-26H,1H2/t23-,24+,25?,26-,30?/m1/s1. The molecular formula is C28H21BrN2O2. The van der Waals surface area contributed by atoms with Gasteiger partial charge in [0.25, 0.3) is 11.8 Å². The molecule has 6 rings (SSSR count). The summed E-state index contributed by atoms with van der Waals surface area (Å²) in [5.74, 6) is -0.317. The Balaban J connectivity index is 1.40. The third kappa shape index (κ3) is 3.15. The molecule has 1 saturated heterocycles. The highest BCUT2D eigenvalue weighted by molar-refractivity contribution is 9.10. The van der Waals surface area contributed by atoms with Crippen molar-refractivity contribution in [3.8, 4) is 0 Å². The summed E-state index contributed by atoms with van der Waals surface area (Å²) in [5.41, 5.74) is 4.26. The number of hydrazine groups is 1. The molecule has 33 heavy (non-hydrogen) atoms. The number of hydrogen-bond acceptors (Lipinski definition) is 3. The van der Waals surface area contributed by atoms with E-state index in [1.54, 1.807) is 24.3 Å². The van der Waals surface area contributed by atoms with E-state index in [9.17, 15) is 9.59 Å². The van der Waals surface area contributed by atoms with Crippen LogP contribution in [0.5, 0.6) is 0 Å². The van der Waals surface area contributed by atoms with Crippen LogP contribution in [0.4, 0.5) is 0 Å². The maximum Gasteiger partial charge on any atom is 0.276 e. The number of fused-ring (bicyclic) bond motifs is 1. The van der Waals surface area contributed by atoms with E-state index in [0.717, 1.165) is 15.6 Å². The van der Waals surface area contributed by atoms with Crippen LogP contribution in [-0.4, -0.2) is 27.9 Å². The molecule has 1 aliphatic carbocycles. The smallest absolute Gasteiger partial charge is 0.267 e.